The van der Waals surface area contributed by atoms with Gasteiger partial charge in [-0.2, -0.15) is 0 Å². The Labute approximate surface area is 122 Å². The number of carboxylic acid groups (broad SMARTS) is 1. The summed E-state index contributed by atoms with van der Waals surface area (Å²) in [6, 6.07) is 1.75. The molecule has 1 aliphatic rings. The standard InChI is InChI=1S/C14H18N2O3S/c1-2-15-5-7-16(8-6-15)14(19)11-9-12(20-10-11)3-4-13(17)18/h3-4,9-10H,2,5-8H2,1H3,(H,17,18). The molecule has 1 saturated heterocycles. The first-order valence-electron chi connectivity index (χ1n) is 6.61. The van der Waals surface area contributed by atoms with Crippen LogP contribution >= 0.6 is 11.3 Å². The number of hydrogen-bond donors (Lipinski definition) is 1. The Morgan fingerprint density at radius 3 is 2.65 bits per heavy atom. The number of amides is 1. The van der Waals surface area contributed by atoms with Crippen LogP contribution in [0, 0.1) is 0 Å². The first-order chi connectivity index (χ1) is 9.60. The third-order valence-electron chi connectivity index (χ3n) is 3.36. The minimum atomic E-state index is -0.984. The van der Waals surface area contributed by atoms with Crippen molar-refractivity contribution in [2.24, 2.45) is 0 Å². The average Bonchev–Trinajstić information content (AvgIpc) is 2.93. The summed E-state index contributed by atoms with van der Waals surface area (Å²) in [6.07, 6.45) is 2.60. The zero-order valence-electron chi connectivity index (χ0n) is 11.4. The molecule has 1 aromatic heterocycles. The Morgan fingerprint density at radius 1 is 1.35 bits per heavy atom. The Hall–Kier alpha value is -1.66. The molecule has 0 spiro atoms. The molecular formula is C14H18N2O3S. The fraction of sp³-hybridized carbons (Fsp3) is 0.429. The molecule has 0 saturated carbocycles. The maximum Gasteiger partial charge on any atom is 0.328 e. The van der Waals surface area contributed by atoms with Gasteiger partial charge in [-0.25, -0.2) is 4.79 Å². The van der Waals surface area contributed by atoms with E-state index in [1.165, 1.54) is 17.4 Å². The van der Waals surface area contributed by atoms with Gasteiger partial charge in [0.1, 0.15) is 0 Å². The number of nitrogens with zero attached hydrogens (tertiary/aromatic N) is 2. The molecule has 5 nitrogen and oxygen atoms in total. The molecule has 108 valence electrons. The minimum Gasteiger partial charge on any atom is -0.478 e. The SMILES string of the molecule is CCN1CCN(C(=O)c2csc(C=CC(=O)O)c2)CC1. The molecule has 0 atom stereocenters. The van der Waals surface area contributed by atoms with Gasteiger partial charge >= 0.3 is 5.97 Å². The van der Waals surface area contributed by atoms with Gasteiger partial charge in [0.25, 0.3) is 5.91 Å². The monoisotopic (exact) mass is 294 g/mol. The number of carbonyl (C=O) groups excluding carboxylic acids is 1. The van der Waals surface area contributed by atoms with Crippen molar-refractivity contribution in [2.75, 3.05) is 32.7 Å². The lowest BCUT2D eigenvalue weighted by atomic mass is 10.2. The van der Waals surface area contributed by atoms with Crippen LogP contribution in [0.3, 0.4) is 0 Å². The number of aliphatic carboxylic acids is 1. The van der Waals surface area contributed by atoms with Crippen molar-refractivity contribution < 1.29 is 14.7 Å². The van der Waals surface area contributed by atoms with E-state index in [9.17, 15) is 9.59 Å². The number of piperazine rings is 1. The summed E-state index contributed by atoms with van der Waals surface area (Å²) in [7, 11) is 0. The third-order valence-corrected chi connectivity index (χ3v) is 4.26. The van der Waals surface area contributed by atoms with E-state index in [1.54, 1.807) is 11.4 Å². The number of rotatable bonds is 4. The molecule has 2 heterocycles. The molecule has 0 bridgehead atoms. The van der Waals surface area contributed by atoms with Crippen molar-refractivity contribution in [3.8, 4) is 0 Å². The van der Waals surface area contributed by atoms with Gasteiger partial charge in [-0.15, -0.1) is 11.3 Å². The lowest BCUT2D eigenvalue weighted by molar-refractivity contribution is -0.131. The predicted octanol–water partition coefficient (Wildman–Crippen LogP) is 1.62. The van der Waals surface area contributed by atoms with Crippen LogP contribution in [-0.2, 0) is 4.79 Å². The fourth-order valence-electron chi connectivity index (χ4n) is 2.16. The Bertz CT molecular complexity index is 516. The summed E-state index contributed by atoms with van der Waals surface area (Å²) in [5.74, 6) is -0.950. The van der Waals surface area contributed by atoms with Crippen LogP contribution in [0.5, 0.6) is 0 Å². The molecule has 0 aromatic carbocycles. The topological polar surface area (TPSA) is 60.9 Å². The van der Waals surface area contributed by atoms with Gasteiger partial charge in [0, 0.05) is 42.5 Å². The first-order valence-corrected chi connectivity index (χ1v) is 7.49. The maximum atomic E-state index is 12.3. The molecule has 1 amide bonds. The summed E-state index contributed by atoms with van der Waals surface area (Å²) in [6.45, 7) is 6.48. The molecule has 1 aromatic rings. The largest absolute Gasteiger partial charge is 0.478 e. The molecule has 0 aliphatic carbocycles. The van der Waals surface area contributed by atoms with Crippen molar-refractivity contribution in [1.29, 1.82) is 0 Å². The molecule has 2 rings (SSSR count). The van der Waals surface area contributed by atoms with Crippen molar-refractivity contribution in [2.45, 2.75) is 6.92 Å². The van der Waals surface area contributed by atoms with E-state index < -0.39 is 5.97 Å². The van der Waals surface area contributed by atoms with Crippen LogP contribution in [0.25, 0.3) is 6.08 Å². The van der Waals surface area contributed by atoms with Gasteiger partial charge in [-0.3, -0.25) is 4.79 Å². The Kier molecular flexibility index (Phi) is 4.92. The normalized spacial score (nSPS) is 16.8. The highest BCUT2D eigenvalue weighted by molar-refractivity contribution is 7.11. The Morgan fingerprint density at radius 2 is 2.05 bits per heavy atom. The molecule has 20 heavy (non-hydrogen) atoms. The van der Waals surface area contributed by atoms with Crippen LogP contribution in [0.1, 0.15) is 22.2 Å². The first kappa shape index (κ1) is 14.7. The summed E-state index contributed by atoms with van der Waals surface area (Å²) in [5, 5.41) is 10.4. The zero-order chi connectivity index (χ0) is 14.5. The van der Waals surface area contributed by atoms with Gasteiger partial charge in [0.2, 0.25) is 0 Å². The van der Waals surface area contributed by atoms with Crippen molar-refractivity contribution >= 4 is 29.3 Å². The van der Waals surface area contributed by atoms with Gasteiger partial charge in [0.15, 0.2) is 0 Å². The van der Waals surface area contributed by atoms with Gasteiger partial charge in [-0.1, -0.05) is 6.92 Å². The van der Waals surface area contributed by atoms with E-state index in [0.29, 0.717) is 5.56 Å². The van der Waals surface area contributed by atoms with Crippen LogP contribution in [0.2, 0.25) is 0 Å². The molecule has 0 radical (unpaired) electrons. The molecule has 6 heteroatoms. The van der Waals surface area contributed by atoms with E-state index >= 15 is 0 Å². The zero-order valence-corrected chi connectivity index (χ0v) is 12.2. The number of carboxylic acids is 1. The second-order valence-corrected chi connectivity index (χ2v) is 5.58. The lowest BCUT2D eigenvalue weighted by Crippen LogP contribution is -2.48. The number of carbonyl (C=O) groups is 2. The second kappa shape index (κ2) is 6.67. The second-order valence-electron chi connectivity index (χ2n) is 4.64. The molecule has 1 fully saturated rings. The minimum absolute atomic E-state index is 0.0342. The van der Waals surface area contributed by atoms with E-state index in [0.717, 1.165) is 43.7 Å². The van der Waals surface area contributed by atoms with Crippen molar-refractivity contribution in [3.63, 3.8) is 0 Å². The number of thiophene rings is 1. The third kappa shape index (κ3) is 3.68. The van der Waals surface area contributed by atoms with Crippen molar-refractivity contribution in [3.05, 3.63) is 28.0 Å². The highest BCUT2D eigenvalue weighted by Crippen LogP contribution is 2.18. The van der Waals surface area contributed by atoms with Crippen molar-refractivity contribution in [1.82, 2.24) is 9.80 Å². The van der Waals surface area contributed by atoms with E-state index in [1.807, 2.05) is 4.90 Å². The highest BCUT2D eigenvalue weighted by Gasteiger charge is 2.21. The number of likely N-dealkylation sites (N-methyl/N-ethyl adjacent to an activating group) is 1. The van der Waals surface area contributed by atoms with E-state index in [4.69, 9.17) is 5.11 Å². The maximum absolute atomic E-state index is 12.3. The van der Waals surface area contributed by atoms with Crippen LogP contribution < -0.4 is 0 Å². The highest BCUT2D eigenvalue weighted by atomic mass is 32.1. The quantitative estimate of drug-likeness (QED) is 0.857. The Balaban J connectivity index is 1.98. The van der Waals surface area contributed by atoms with E-state index in [-0.39, 0.29) is 5.91 Å². The summed E-state index contributed by atoms with van der Waals surface area (Å²) in [4.78, 5) is 27.7. The predicted molar refractivity (Wildman–Crippen MR) is 79.0 cm³/mol. The lowest BCUT2D eigenvalue weighted by Gasteiger charge is -2.33. The van der Waals surface area contributed by atoms with Gasteiger partial charge in [0.05, 0.1) is 5.56 Å². The average molecular weight is 294 g/mol. The molecular weight excluding hydrogens is 276 g/mol. The summed E-state index contributed by atoms with van der Waals surface area (Å²) >= 11 is 1.38. The molecule has 0 unspecified atom stereocenters. The van der Waals surface area contributed by atoms with Crippen LogP contribution in [0.15, 0.2) is 17.5 Å². The van der Waals surface area contributed by atoms with Crippen LogP contribution in [0.4, 0.5) is 0 Å². The summed E-state index contributed by atoms with van der Waals surface area (Å²) in [5.41, 5.74) is 0.644. The molecule has 1 N–H and O–H groups in total. The van der Waals surface area contributed by atoms with Gasteiger partial charge < -0.3 is 14.9 Å². The summed E-state index contributed by atoms with van der Waals surface area (Å²) < 4.78 is 0. The van der Waals surface area contributed by atoms with Crippen LogP contribution in [-0.4, -0.2) is 59.5 Å². The fourth-order valence-corrected chi connectivity index (χ4v) is 2.93. The van der Waals surface area contributed by atoms with E-state index in [2.05, 4.69) is 11.8 Å². The smallest absolute Gasteiger partial charge is 0.328 e. The van der Waals surface area contributed by atoms with Gasteiger partial charge in [-0.05, 0) is 18.7 Å². The number of hydrogen-bond acceptors (Lipinski definition) is 4. The molecule has 1 aliphatic heterocycles.